The summed E-state index contributed by atoms with van der Waals surface area (Å²) in [4.78, 5) is 18.0. The van der Waals surface area contributed by atoms with Crippen LogP contribution in [0.1, 0.15) is 23.2 Å². The van der Waals surface area contributed by atoms with Gasteiger partial charge in [0.05, 0.1) is 11.3 Å². The number of pyridine rings is 1. The highest BCUT2D eigenvalue weighted by molar-refractivity contribution is 5.83. The lowest BCUT2D eigenvalue weighted by Crippen LogP contribution is -2.20. The first kappa shape index (κ1) is 20.2. The fourth-order valence-corrected chi connectivity index (χ4v) is 4.04. The number of halogens is 3. The van der Waals surface area contributed by atoms with Crippen molar-refractivity contribution >= 4 is 16.9 Å². The van der Waals surface area contributed by atoms with Gasteiger partial charge in [0.1, 0.15) is 5.75 Å². The number of benzene rings is 1. The molecule has 9 heteroatoms. The maximum atomic E-state index is 13.0. The third-order valence-electron chi connectivity index (χ3n) is 5.62. The van der Waals surface area contributed by atoms with Crippen LogP contribution in [-0.2, 0) is 17.5 Å². The molecule has 0 saturated carbocycles. The van der Waals surface area contributed by atoms with Gasteiger partial charge in [0.15, 0.2) is 5.65 Å². The van der Waals surface area contributed by atoms with Crippen LogP contribution in [0.4, 0.5) is 13.2 Å². The van der Waals surface area contributed by atoms with Crippen LogP contribution < -0.4 is 0 Å². The molecule has 1 aliphatic rings. The van der Waals surface area contributed by atoms with E-state index in [1.807, 2.05) is 11.6 Å². The SMILES string of the molecule is Cc1cc(C(F)(F)F)cc(O)c1-c1ccc2c(C)n(C[C@H]3CC(=O)N(C)C3)nc2n1. The first-order chi connectivity index (χ1) is 14.0. The number of hydrogen-bond donors (Lipinski definition) is 1. The lowest BCUT2D eigenvalue weighted by Gasteiger charge is -2.13. The standard InChI is InChI=1S/C21H21F3N4O2/c1-11-6-14(21(22,23)24)8-17(29)19(11)16-5-4-15-12(2)28(26-20(15)25-16)10-13-7-18(30)27(3)9-13/h4-6,8,13,29H,7,9-10H2,1-3H3/t13-/m0/s1. The monoisotopic (exact) mass is 418 g/mol. The normalized spacial score (nSPS) is 17.3. The molecule has 3 aromatic rings. The second kappa shape index (κ2) is 7.00. The van der Waals surface area contributed by atoms with Gasteiger partial charge in [-0.15, -0.1) is 0 Å². The van der Waals surface area contributed by atoms with E-state index < -0.39 is 17.5 Å². The van der Waals surface area contributed by atoms with Crippen molar-refractivity contribution in [3.05, 3.63) is 41.1 Å². The maximum Gasteiger partial charge on any atom is 0.416 e. The van der Waals surface area contributed by atoms with Crippen molar-refractivity contribution in [1.29, 1.82) is 0 Å². The lowest BCUT2D eigenvalue weighted by atomic mass is 10.00. The highest BCUT2D eigenvalue weighted by Crippen LogP contribution is 2.39. The lowest BCUT2D eigenvalue weighted by molar-refractivity contribution is -0.137. The van der Waals surface area contributed by atoms with Crippen LogP contribution in [0.15, 0.2) is 24.3 Å². The van der Waals surface area contributed by atoms with E-state index in [9.17, 15) is 23.1 Å². The number of likely N-dealkylation sites (tertiary alicyclic amines) is 1. The van der Waals surface area contributed by atoms with Crippen molar-refractivity contribution in [3.8, 4) is 17.0 Å². The molecule has 1 N–H and O–H groups in total. The molecule has 1 fully saturated rings. The number of fused-ring (bicyclic) bond motifs is 1. The van der Waals surface area contributed by atoms with Gasteiger partial charge < -0.3 is 10.0 Å². The molecule has 6 nitrogen and oxygen atoms in total. The average Bonchev–Trinajstić information content (AvgIpc) is 3.12. The van der Waals surface area contributed by atoms with Crippen molar-refractivity contribution in [3.63, 3.8) is 0 Å². The van der Waals surface area contributed by atoms with Gasteiger partial charge in [-0.05, 0) is 43.7 Å². The molecule has 0 unspecified atom stereocenters. The molecular formula is C21H21F3N4O2. The Bertz CT molecular complexity index is 1130. The van der Waals surface area contributed by atoms with Crippen LogP contribution in [0.2, 0.25) is 0 Å². The summed E-state index contributed by atoms with van der Waals surface area (Å²) in [6, 6.07) is 5.19. The minimum Gasteiger partial charge on any atom is -0.507 e. The second-order valence-electron chi connectivity index (χ2n) is 7.86. The summed E-state index contributed by atoms with van der Waals surface area (Å²) < 4.78 is 40.8. The molecule has 1 aliphatic heterocycles. The third-order valence-corrected chi connectivity index (χ3v) is 5.62. The van der Waals surface area contributed by atoms with Crippen LogP contribution in [0.25, 0.3) is 22.3 Å². The number of rotatable bonds is 3. The van der Waals surface area contributed by atoms with E-state index in [1.165, 1.54) is 6.92 Å². The van der Waals surface area contributed by atoms with Crippen LogP contribution in [0.3, 0.4) is 0 Å². The zero-order valence-electron chi connectivity index (χ0n) is 16.8. The first-order valence-corrected chi connectivity index (χ1v) is 9.54. The predicted octanol–water partition coefficient (Wildman–Crippen LogP) is 3.92. The quantitative estimate of drug-likeness (QED) is 0.700. The van der Waals surface area contributed by atoms with E-state index in [4.69, 9.17) is 0 Å². The number of hydrogen-bond acceptors (Lipinski definition) is 4. The molecular weight excluding hydrogens is 397 g/mol. The van der Waals surface area contributed by atoms with E-state index in [0.29, 0.717) is 36.9 Å². The zero-order valence-corrected chi connectivity index (χ0v) is 16.8. The molecule has 1 atom stereocenters. The molecule has 0 radical (unpaired) electrons. The number of aromatic nitrogens is 3. The summed E-state index contributed by atoms with van der Waals surface area (Å²) in [5.74, 6) is -0.197. The predicted molar refractivity (Wildman–Crippen MR) is 105 cm³/mol. The van der Waals surface area contributed by atoms with E-state index in [2.05, 4.69) is 10.1 Å². The van der Waals surface area contributed by atoms with E-state index >= 15 is 0 Å². The fourth-order valence-electron chi connectivity index (χ4n) is 4.04. The Morgan fingerprint density at radius 1 is 1.23 bits per heavy atom. The molecule has 0 spiro atoms. The Labute approximate surface area is 170 Å². The molecule has 4 rings (SSSR count). The fraction of sp³-hybridized carbons (Fsp3) is 0.381. The van der Waals surface area contributed by atoms with Gasteiger partial charge in [0.25, 0.3) is 0 Å². The summed E-state index contributed by atoms with van der Waals surface area (Å²) in [6.45, 7) is 4.68. The number of phenolic OH excluding ortho intramolecular Hbond substituents is 1. The van der Waals surface area contributed by atoms with Crippen LogP contribution in [-0.4, -0.2) is 44.3 Å². The molecule has 30 heavy (non-hydrogen) atoms. The smallest absolute Gasteiger partial charge is 0.416 e. The molecule has 0 aliphatic carbocycles. The first-order valence-electron chi connectivity index (χ1n) is 9.54. The van der Waals surface area contributed by atoms with E-state index in [0.717, 1.165) is 17.1 Å². The average molecular weight is 418 g/mol. The number of phenols is 1. The topological polar surface area (TPSA) is 71.2 Å². The Morgan fingerprint density at radius 3 is 2.57 bits per heavy atom. The van der Waals surface area contributed by atoms with Gasteiger partial charge in [-0.25, -0.2) is 4.98 Å². The second-order valence-corrected chi connectivity index (χ2v) is 7.86. The third kappa shape index (κ3) is 3.48. The van der Waals surface area contributed by atoms with Crippen molar-refractivity contribution < 1.29 is 23.1 Å². The van der Waals surface area contributed by atoms with Gasteiger partial charge in [-0.2, -0.15) is 18.3 Å². The summed E-state index contributed by atoms with van der Waals surface area (Å²) >= 11 is 0. The number of amides is 1. The summed E-state index contributed by atoms with van der Waals surface area (Å²) in [7, 11) is 1.78. The molecule has 1 saturated heterocycles. The molecule has 1 aromatic carbocycles. The van der Waals surface area contributed by atoms with Gasteiger partial charge >= 0.3 is 6.18 Å². The number of aryl methyl sites for hydroxylation is 2. The Morgan fingerprint density at radius 2 is 1.97 bits per heavy atom. The Kier molecular flexibility index (Phi) is 4.71. The van der Waals surface area contributed by atoms with Gasteiger partial charge in [0, 0.05) is 49.1 Å². The van der Waals surface area contributed by atoms with Gasteiger partial charge in [0.2, 0.25) is 5.91 Å². The zero-order chi connectivity index (χ0) is 21.8. The minimum atomic E-state index is -4.54. The van der Waals surface area contributed by atoms with Crippen molar-refractivity contribution in [1.82, 2.24) is 19.7 Å². The summed E-state index contributed by atoms with van der Waals surface area (Å²) in [5.41, 5.74) is 1.32. The Hall–Kier alpha value is -3.10. The molecule has 0 bridgehead atoms. The van der Waals surface area contributed by atoms with Crippen LogP contribution >= 0.6 is 0 Å². The minimum absolute atomic E-state index is 0.114. The van der Waals surface area contributed by atoms with E-state index in [-0.39, 0.29) is 23.0 Å². The largest absolute Gasteiger partial charge is 0.507 e. The number of carbonyl (C=O) groups is 1. The number of alkyl halides is 3. The van der Waals surface area contributed by atoms with Crippen molar-refractivity contribution in [2.75, 3.05) is 13.6 Å². The van der Waals surface area contributed by atoms with Crippen LogP contribution in [0, 0.1) is 19.8 Å². The molecule has 1 amide bonds. The highest BCUT2D eigenvalue weighted by atomic mass is 19.4. The summed E-state index contributed by atoms with van der Waals surface area (Å²) in [6.07, 6.45) is -4.06. The van der Waals surface area contributed by atoms with Gasteiger partial charge in [-0.3, -0.25) is 9.48 Å². The maximum absolute atomic E-state index is 13.0. The molecule has 158 valence electrons. The number of nitrogens with zero attached hydrogens (tertiary/aromatic N) is 4. The Balaban J connectivity index is 1.70. The highest BCUT2D eigenvalue weighted by Gasteiger charge is 2.32. The van der Waals surface area contributed by atoms with Crippen molar-refractivity contribution in [2.24, 2.45) is 5.92 Å². The van der Waals surface area contributed by atoms with E-state index in [1.54, 1.807) is 24.1 Å². The molecule has 2 aromatic heterocycles. The molecule has 3 heterocycles. The number of carbonyl (C=O) groups excluding carboxylic acids is 1. The van der Waals surface area contributed by atoms with Crippen molar-refractivity contribution in [2.45, 2.75) is 33.0 Å². The number of aromatic hydroxyl groups is 1. The van der Waals surface area contributed by atoms with Gasteiger partial charge in [-0.1, -0.05) is 0 Å². The summed E-state index contributed by atoms with van der Waals surface area (Å²) in [5, 5.41) is 15.6. The van der Waals surface area contributed by atoms with Crippen LogP contribution in [0.5, 0.6) is 5.75 Å².